The minimum atomic E-state index is -3.19. The highest BCUT2D eigenvalue weighted by Crippen LogP contribution is 2.41. The number of nitrogens with zero attached hydrogens (tertiary/aromatic N) is 6. The molecule has 2 unspecified atom stereocenters. The Morgan fingerprint density at radius 1 is 0.636 bits per heavy atom. The van der Waals surface area contributed by atoms with E-state index in [1.165, 1.54) is 18.9 Å². The van der Waals surface area contributed by atoms with Crippen molar-refractivity contribution < 1.29 is 72.0 Å². The van der Waals surface area contributed by atoms with Gasteiger partial charge in [0.25, 0.3) is 0 Å². The number of hydrogen-bond acceptors (Lipinski definition) is 19. The topological polar surface area (TPSA) is 277 Å². The molecule has 2 amide bonds. The molecule has 4 N–H and O–H groups in total. The summed E-state index contributed by atoms with van der Waals surface area (Å²) < 4.78 is 65.5. The molecule has 3 aliphatic rings. The van der Waals surface area contributed by atoms with Gasteiger partial charge in [0.2, 0.25) is 9.05 Å². The van der Waals surface area contributed by atoms with Crippen LogP contribution in [0.2, 0.25) is 0 Å². The molecule has 5 heterocycles. The van der Waals surface area contributed by atoms with Crippen LogP contribution in [0.1, 0.15) is 126 Å². The summed E-state index contributed by atoms with van der Waals surface area (Å²) in [4.78, 5) is 64.4. The van der Waals surface area contributed by atoms with Crippen LogP contribution in [-0.4, -0.2) is 152 Å². The van der Waals surface area contributed by atoms with Crippen molar-refractivity contribution in [3.8, 4) is 57.0 Å². The minimum Gasteiger partial charge on any atom is -0.497 e. The number of piperidine rings is 2. The van der Waals surface area contributed by atoms with E-state index in [-0.39, 0.29) is 43.7 Å². The first-order valence-corrected chi connectivity index (χ1v) is 31.6. The lowest BCUT2D eigenvalue weighted by Gasteiger charge is -2.38. The van der Waals surface area contributed by atoms with Gasteiger partial charge in [0.1, 0.15) is 68.7 Å². The number of ether oxygens (including phenoxy) is 8. The standard InChI is InChI=1S/C31H40N4O7.C31H38N4O6.CH3ClO2S.H2/c1-31(2,3)42-30(38)34-17-14-20(15-18-34)25(16-19-36)28-33-26(27(35(28)32)29(37)40-5)21-6-8-23(9-7-21)41-24-12-10-22(39-4)11-13-24;1-31(2,3)41-30(37)34-18-15-20(16-19-34)25-14-17-32-35-27(29(36)39-5)26(33-28(25)35)21-6-8-23(9-7-21)40-24-12-10-22(38-4)11-13-24;1-5(2,3)4;/h6-13,20,25,36H,14-19,32H2,1-5H3;6-13,20,25,32H,14-19H2,1-5H3;1H3;1H. The molecule has 2 fully saturated rings. The largest absolute Gasteiger partial charge is 0.497 e. The molecular formula is C63H83ClN8O15S. The molecule has 88 heavy (non-hydrogen) atoms. The number of hydrogen-bond donors (Lipinski definition) is 3. The highest BCUT2D eigenvalue weighted by atomic mass is 35.7. The SMILES string of the molecule is COC(=O)c1c(-c2ccc(Oc3ccc(OC)cc3)cc2)nc(C(CCO)C2CCN(C(=O)OC(C)(C)C)CC2)n1N.COC(=O)c1c(-c2ccc(Oc3ccc(OC)cc3)cc2)nc2n1NCCC2C1CCN(C(=O)OC(C)(C)C)CC1.CS(=O)(=O)Cl.[HH]. The van der Waals surface area contributed by atoms with Crippen molar-refractivity contribution in [2.24, 2.45) is 11.8 Å². The predicted octanol–water partition coefficient (Wildman–Crippen LogP) is 11.2. The Morgan fingerprint density at radius 3 is 1.42 bits per heavy atom. The molecule has 2 atom stereocenters. The van der Waals surface area contributed by atoms with E-state index in [0.717, 1.165) is 48.4 Å². The fraction of sp³-hybridized carbons (Fsp3) is 0.460. The van der Waals surface area contributed by atoms with Crippen molar-refractivity contribution in [3.63, 3.8) is 0 Å². The number of aromatic nitrogens is 4. The molecule has 0 spiro atoms. The smallest absolute Gasteiger partial charge is 0.410 e. The molecule has 0 bridgehead atoms. The first kappa shape index (κ1) is 67.3. The lowest BCUT2D eigenvalue weighted by atomic mass is 9.81. The summed E-state index contributed by atoms with van der Waals surface area (Å²) in [6, 6.07) is 29.3. The molecule has 2 aromatic heterocycles. The average Bonchev–Trinajstić information content (AvgIpc) is 1.80. The summed E-state index contributed by atoms with van der Waals surface area (Å²) >= 11 is 0. The van der Waals surface area contributed by atoms with E-state index in [1.807, 2.05) is 114 Å². The minimum absolute atomic E-state index is 0. The van der Waals surface area contributed by atoms with Crippen LogP contribution in [0.3, 0.4) is 0 Å². The number of aliphatic hydroxyl groups excluding tert-OH is 1. The number of nitrogen functional groups attached to an aromatic ring is 1. The number of likely N-dealkylation sites (tertiary alicyclic amines) is 2. The molecule has 23 nitrogen and oxygen atoms in total. The number of methoxy groups -OCH3 is 4. The Hall–Kier alpha value is -8.22. The van der Waals surface area contributed by atoms with Crippen LogP contribution in [-0.2, 0) is 28.0 Å². The van der Waals surface area contributed by atoms with E-state index < -0.39 is 32.2 Å². The Labute approximate surface area is 520 Å². The van der Waals surface area contributed by atoms with Gasteiger partial charge in [-0.05, 0) is 189 Å². The van der Waals surface area contributed by atoms with Crippen molar-refractivity contribution in [1.82, 2.24) is 29.1 Å². The third kappa shape index (κ3) is 18.2. The zero-order valence-electron chi connectivity index (χ0n) is 51.7. The van der Waals surface area contributed by atoms with Crippen LogP contribution in [0, 0.1) is 11.8 Å². The van der Waals surface area contributed by atoms with Gasteiger partial charge in [-0.3, -0.25) is 0 Å². The van der Waals surface area contributed by atoms with Crippen molar-refractivity contribution in [2.75, 3.05) is 85.3 Å². The number of imidazole rings is 2. The maximum absolute atomic E-state index is 13.0. The summed E-state index contributed by atoms with van der Waals surface area (Å²) in [5, 5.41) is 9.94. The van der Waals surface area contributed by atoms with Crippen LogP contribution in [0.5, 0.6) is 34.5 Å². The van der Waals surface area contributed by atoms with Gasteiger partial charge in [-0.2, -0.15) is 0 Å². The lowest BCUT2D eigenvalue weighted by molar-refractivity contribution is 0.0159. The van der Waals surface area contributed by atoms with E-state index in [4.69, 9.17) is 53.7 Å². The zero-order valence-corrected chi connectivity index (χ0v) is 53.3. The number of carbonyl (C=O) groups excluding carboxylic acids is 4. The van der Waals surface area contributed by atoms with Crippen LogP contribution in [0.15, 0.2) is 97.1 Å². The third-order valence-electron chi connectivity index (χ3n) is 14.8. The number of amides is 2. The number of carbonyl (C=O) groups is 4. The lowest BCUT2D eigenvalue weighted by Crippen LogP contribution is -2.43. The van der Waals surface area contributed by atoms with Crippen LogP contribution < -0.4 is 30.2 Å². The number of rotatable bonds is 15. The van der Waals surface area contributed by atoms with Gasteiger partial charge in [0.05, 0.1) is 34.7 Å². The van der Waals surface area contributed by atoms with Crippen molar-refractivity contribution in [3.05, 3.63) is 120 Å². The molecule has 0 aliphatic carbocycles. The molecule has 478 valence electrons. The quantitative estimate of drug-likeness (QED) is 0.0373. The second kappa shape index (κ2) is 29.7. The molecule has 9 rings (SSSR count). The highest BCUT2D eigenvalue weighted by Gasteiger charge is 2.39. The number of halogens is 1. The molecule has 3 aliphatic heterocycles. The van der Waals surface area contributed by atoms with E-state index in [1.54, 1.807) is 53.0 Å². The van der Waals surface area contributed by atoms with Gasteiger partial charge in [0.15, 0.2) is 11.4 Å². The van der Waals surface area contributed by atoms with Gasteiger partial charge < -0.3 is 64.1 Å². The van der Waals surface area contributed by atoms with Crippen molar-refractivity contribution in [2.45, 2.75) is 103 Å². The monoisotopic (exact) mass is 1260 g/mol. The average molecular weight is 1260 g/mol. The molecule has 2 saturated heterocycles. The second-order valence-electron chi connectivity index (χ2n) is 23.3. The third-order valence-corrected chi connectivity index (χ3v) is 14.8. The number of fused-ring (bicyclic) bond motifs is 1. The van der Waals surface area contributed by atoms with Gasteiger partial charge in [0, 0.05) is 74.4 Å². The molecule has 25 heteroatoms. The maximum atomic E-state index is 13.0. The van der Waals surface area contributed by atoms with Gasteiger partial charge >= 0.3 is 24.1 Å². The first-order valence-electron chi connectivity index (χ1n) is 28.9. The number of aliphatic hydroxyl groups is 1. The number of esters is 2. The molecular weight excluding hydrogens is 1180 g/mol. The van der Waals surface area contributed by atoms with Gasteiger partial charge in [-0.1, -0.05) is 0 Å². The zero-order chi connectivity index (χ0) is 64.1. The second-order valence-corrected chi connectivity index (χ2v) is 26.4. The number of nitrogens with two attached hydrogens (primary N) is 1. The summed E-state index contributed by atoms with van der Waals surface area (Å²) in [6.45, 7) is 14.1. The van der Waals surface area contributed by atoms with E-state index in [9.17, 15) is 32.7 Å². The summed E-state index contributed by atoms with van der Waals surface area (Å²) in [5.74, 6) is 11.1. The Morgan fingerprint density at radius 2 is 1.02 bits per heavy atom. The highest BCUT2D eigenvalue weighted by molar-refractivity contribution is 8.13. The Kier molecular flexibility index (Phi) is 22.7. The normalized spacial score (nSPS) is 15.8. The van der Waals surface area contributed by atoms with Gasteiger partial charge in [-0.25, -0.2) is 46.9 Å². The number of benzene rings is 4. The van der Waals surface area contributed by atoms with Gasteiger partial charge in [-0.15, -0.1) is 0 Å². The molecule has 6 aromatic rings. The van der Waals surface area contributed by atoms with Crippen LogP contribution in [0.4, 0.5) is 9.59 Å². The van der Waals surface area contributed by atoms with E-state index in [2.05, 4.69) is 16.1 Å². The molecule has 0 saturated carbocycles. The predicted molar refractivity (Wildman–Crippen MR) is 334 cm³/mol. The Bertz CT molecular complexity index is 3420. The maximum Gasteiger partial charge on any atom is 0.410 e. The van der Waals surface area contributed by atoms with Crippen molar-refractivity contribution >= 4 is 43.9 Å². The summed E-state index contributed by atoms with van der Waals surface area (Å²) in [5.41, 5.74) is 5.14. The number of nitrogens with one attached hydrogen (secondary N) is 1. The van der Waals surface area contributed by atoms with Crippen LogP contribution >= 0.6 is 10.7 Å². The molecule has 4 aromatic carbocycles. The fourth-order valence-electron chi connectivity index (χ4n) is 10.7. The van der Waals surface area contributed by atoms with E-state index in [0.29, 0.717) is 109 Å². The van der Waals surface area contributed by atoms with Crippen molar-refractivity contribution in [1.29, 1.82) is 0 Å². The fourth-order valence-corrected chi connectivity index (χ4v) is 10.7. The Balaban J connectivity index is 0.000000261. The first-order chi connectivity index (χ1) is 41.7. The van der Waals surface area contributed by atoms with E-state index >= 15 is 0 Å². The molecule has 0 radical (unpaired) electrons. The summed E-state index contributed by atoms with van der Waals surface area (Å²) in [7, 11) is 7.21. The van der Waals surface area contributed by atoms with Crippen LogP contribution in [0.25, 0.3) is 22.5 Å². The summed E-state index contributed by atoms with van der Waals surface area (Å²) in [6.07, 6.45) is 4.66.